The molecule has 0 saturated heterocycles. The van der Waals surface area contributed by atoms with E-state index in [0.29, 0.717) is 52.9 Å². The van der Waals surface area contributed by atoms with E-state index in [1.54, 1.807) is 28.4 Å². The Morgan fingerprint density at radius 2 is 0.457 bits per heavy atom. The minimum Gasteiger partial charge on any atom is -0.496 e. The van der Waals surface area contributed by atoms with Crippen LogP contribution in [-0.2, 0) is 71.8 Å². The molecule has 8 heteroatoms. The Morgan fingerprint density at radius 3 is 0.663 bits per heavy atom. The molecule has 0 N–H and O–H groups in total. The summed E-state index contributed by atoms with van der Waals surface area (Å²) in [6, 6.07) is 74.4. The van der Waals surface area contributed by atoms with Crippen molar-refractivity contribution in [3.8, 4) is 92.6 Å². The molecule has 12 aromatic rings. The van der Waals surface area contributed by atoms with E-state index in [1.807, 2.05) is 97.1 Å². The molecule has 7 aliphatic heterocycles. The average Bonchev–Trinajstić information content (AvgIpc) is 0.755. The van der Waals surface area contributed by atoms with E-state index in [9.17, 15) is 0 Å². The molecule has 16 bridgehead atoms. The Kier molecular flexibility index (Phi) is 18.4. The van der Waals surface area contributed by atoms with Crippen molar-refractivity contribution in [3.05, 3.63) is 285 Å². The lowest BCUT2D eigenvalue weighted by atomic mass is 9.89. The van der Waals surface area contributed by atoms with Crippen LogP contribution in [0, 0.1) is 47.4 Å². The van der Waals surface area contributed by atoms with Gasteiger partial charge in [-0.1, -0.05) is 169 Å². The van der Waals surface area contributed by atoms with Gasteiger partial charge >= 0.3 is 0 Å². The summed E-state index contributed by atoms with van der Waals surface area (Å²) < 4.78 is 51.5. The molecule has 0 amide bonds. The number of hydrogen-bond donors (Lipinski definition) is 0. The highest BCUT2D eigenvalue weighted by Gasteiger charge is 2.26. The smallest absolute Gasteiger partial charge is 0.133 e. The van der Waals surface area contributed by atoms with E-state index in [4.69, 9.17) is 37.9 Å². The Balaban J connectivity index is 0.796. The molecular formula is C84H64O8. The summed E-state index contributed by atoms with van der Waals surface area (Å²) in [6.45, 7) is 2.78. The molecule has 0 aromatic heterocycles. The van der Waals surface area contributed by atoms with Gasteiger partial charge in [0.15, 0.2) is 0 Å². The number of benzene rings is 12. The van der Waals surface area contributed by atoms with Crippen molar-refractivity contribution in [2.45, 2.75) is 52.9 Å². The maximum atomic E-state index is 6.49. The van der Waals surface area contributed by atoms with Crippen LogP contribution in [0.15, 0.2) is 218 Å². The minimum atomic E-state index is 0.309. The number of fused-ring (bicyclic) bond motifs is 4. The van der Waals surface area contributed by atoms with Crippen LogP contribution in [-0.4, -0.2) is 28.4 Å². The summed E-state index contributed by atoms with van der Waals surface area (Å²) in [5, 5.41) is 8.37. The van der Waals surface area contributed by atoms with Crippen LogP contribution < -0.4 is 18.9 Å². The minimum absolute atomic E-state index is 0.309. The lowest BCUT2D eigenvalue weighted by molar-refractivity contribution is 0.105. The van der Waals surface area contributed by atoms with Crippen LogP contribution in [0.2, 0.25) is 0 Å². The van der Waals surface area contributed by atoms with Crippen molar-refractivity contribution in [2.75, 3.05) is 28.4 Å². The molecule has 0 radical (unpaired) electrons. The van der Waals surface area contributed by atoms with Crippen LogP contribution >= 0.6 is 0 Å². The second-order valence-electron chi connectivity index (χ2n) is 22.4. The lowest BCUT2D eigenvalue weighted by Crippen LogP contribution is -2.03. The van der Waals surface area contributed by atoms with Crippen molar-refractivity contribution in [2.24, 2.45) is 0 Å². The number of ether oxygens (including phenoxy) is 8. The number of methoxy groups -OCH3 is 4. The first kappa shape index (κ1) is 59.9. The highest BCUT2D eigenvalue weighted by atomic mass is 16.5. The van der Waals surface area contributed by atoms with Gasteiger partial charge in [-0.05, 0) is 162 Å². The van der Waals surface area contributed by atoms with E-state index in [1.165, 1.54) is 0 Å². The highest BCUT2D eigenvalue weighted by molar-refractivity contribution is 6.12. The van der Waals surface area contributed by atoms with Gasteiger partial charge in [-0.15, -0.1) is 0 Å². The van der Waals surface area contributed by atoms with Crippen molar-refractivity contribution < 1.29 is 37.9 Å². The predicted octanol–water partition coefficient (Wildman–Crippen LogP) is 17.7. The molecule has 92 heavy (non-hydrogen) atoms. The van der Waals surface area contributed by atoms with Crippen molar-refractivity contribution in [3.63, 3.8) is 0 Å². The fraction of sp³-hybridized carbons (Fsp3) is 0.143. The van der Waals surface area contributed by atoms with Gasteiger partial charge in [-0.2, -0.15) is 0 Å². The molecule has 7 heterocycles. The molecule has 0 unspecified atom stereocenters. The van der Waals surface area contributed by atoms with Crippen LogP contribution in [0.1, 0.15) is 66.8 Å². The largest absolute Gasteiger partial charge is 0.496 e. The average molecular weight is 1200 g/mol. The van der Waals surface area contributed by atoms with E-state index >= 15 is 0 Å². The fourth-order valence-electron chi connectivity index (χ4n) is 12.2. The highest BCUT2D eigenvalue weighted by Crippen LogP contribution is 2.51. The normalized spacial score (nSPS) is 12.9. The summed E-state index contributed by atoms with van der Waals surface area (Å²) >= 11 is 0. The first-order valence-corrected chi connectivity index (χ1v) is 30.5. The van der Waals surface area contributed by atoms with E-state index in [2.05, 4.69) is 169 Å². The number of hydrogen-bond acceptors (Lipinski definition) is 8. The van der Waals surface area contributed by atoms with Gasteiger partial charge in [0.25, 0.3) is 0 Å². The van der Waals surface area contributed by atoms with Crippen LogP contribution in [0.5, 0.6) is 23.0 Å². The molecule has 8 nitrogen and oxygen atoms in total. The van der Waals surface area contributed by atoms with Gasteiger partial charge in [0.2, 0.25) is 0 Å². The van der Waals surface area contributed by atoms with Gasteiger partial charge in [-0.25, -0.2) is 0 Å². The second-order valence-corrected chi connectivity index (χ2v) is 22.4. The maximum Gasteiger partial charge on any atom is 0.133 e. The molecule has 7 aliphatic rings. The van der Waals surface area contributed by atoms with Gasteiger partial charge in [0.05, 0.1) is 81.3 Å². The zero-order chi connectivity index (χ0) is 62.6. The van der Waals surface area contributed by atoms with Gasteiger partial charge in [-0.3, -0.25) is 0 Å². The van der Waals surface area contributed by atoms with Crippen LogP contribution in [0.4, 0.5) is 0 Å². The fourth-order valence-corrected chi connectivity index (χ4v) is 12.2. The number of rotatable bonds is 4. The van der Waals surface area contributed by atoms with Gasteiger partial charge in [0, 0.05) is 66.8 Å². The second kappa shape index (κ2) is 28.2. The first-order valence-electron chi connectivity index (χ1n) is 30.5. The molecule has 0 aliphatic carbocycles. The summed E-state index contributed by atoms with van der Waals surface area (Å²) in [7, 11) is 6.88. The van der Waals surface area contributed by atoms with Crippen molar-refractivity contribution in [1.29, 1.82) is 0 Å². The molecule has 19 rings (SSSR count). The SMILES string of the molecule is COc1c2cc3ccccc3c1-c1c(OC)c(cc3ccccc13)COCc1ccc(cc1)C#CC#Cc1ccc(cc1)COCc1cc3ccccc3c(c1OC)-c1c(OC)c(cc3ccccc13)COCc1ccc(cc1)C#CC#Cc1ccc(cc1)COC2. The quantitative estimate of drug-likeness (QED) is 0.161. The summed E-state index contributed by atoms with van der Waals surface area (Å²) in [5.41, 5.74) is 14.9. The first-order chi connectivity index (χ1) is 45.4. The van der Waals surface area contributed by atoms with E-state index in [-0.39, 0.29) is 0 Å². The zero-order valence-corrected chi connectivity index (χ0v) is 51.7. The Bertz CT molecular complexity index is 4350. The predicted molar refractivity (Wildman–Crippen MR) is 367 cm³/mol. The van der Waals surface area contributed by atoms with Crippen LogP contribution in [0.3, 0.4) is 0 Å². The zero-order valence-electron chi connectivity index (χ0n) is 51.7. The molecule has 0 fully saturated rings. The van der Waals surface area contributed by atoms with E-state index in [0.717, 1.165) is 155 Å². The van der Waals surface area contributed by atoms with Gasteiger partial charge in [0.1, 0.15) is 23.0 Å². The molecule has 12 aromatic carbocycles. The monoisotopic (exact) mass is 1200 g/mol. The molecule has 0 spiro atoms. The Morgan fingerprint density at radius 1 is 0.250 bits per heavy atom. The summed E-state index contributed by atoms with van der Waals surface area (Å²) in [5.74, 6) is 27.9. The molecule has 448 valence electrons. The molecule has 0 saturated carbocycles. The molecule has 0 atom stereocenters. The summed E-state index contributed by atoms with van der Waals surface area (Å²) in [6.07, 6.45) is 0. The van der Waals surface area contributed by atoms with E-state index < -0.39 is 0 Å². The van der Waals surface area contributed by atoms with Gasteiger partial charge < -0.3 is 37.9 Å². The Labute approximate surface area is 537 Å². The van der Waals surface area contributed by atoms with Crippen LogP contribution in [0.25, 0.3) is 65.3 Å². The lowest BCUT2D eigenvalue weighted by Gasteiger charge is -2.22. The van der Waals surface area contributed by atoms with Crippen molar-refractivity contribution in [1.82, 2.24) is 0 Å². The van der Waals surface area contributed by atoms with Crippen molar-refractivity contribution >= 4 is 43.1 Å². The third-order valence-corrected chi connectivity index (χ3v) is 16.5. The molecular weight excluding hydrogens is 1140 g/mol. The Hall–Kier alpha value is -11.0. The summed E-state index contributed by atoms with van der Waals surface area (Å²) in [4.78, 5) is 0. The topological polar surface area (TPSA) is 73.8 Å². The third kappa shape index (κ3) is 13.2. The maximum absolute atomic E-state index is 6.49. The third-order valence-electron chi connectivity index (χ3n) is 16.5. The standard InChI is InChI=1S/C84H64O8/c1-85-81-69-45-65-21-9-13-25-73(65)77(81)78-74-26-14-10-22-66(74)46-70(82(78)86-2)54-90-50-62-39-31-58(32-40-62)19-7-8-20-60-35-43-64(44-36-60)52-92-56-72-48-68-24-12-16-28-76(68)80(84(72)88-4)79-75-27-15-11-23-67(75)47-71(83(79)87-3)55-91-51-63-41-33-59(34-42-63)18-6-5-17-57-29-37-61(38-30-57)49-89-53-69/h9-16,21-48H,49-56H2,1-4H3.